The molecule has 1 aliphatic carbocycles. The van der Waals surface area contributed by atoms with Crippen molar-refractivity contribution < 1.29 is 19.2 Å². The molecule has 3 aromatic rings. The van der Waals surface area contributed by atoms with E-state index < -0.39 is 4.92 Å². The Kier molecular flexibility index (Phi) is 4.93. The molecule has 0 saturated carbocycles. The molecule has 1 N–H and O–H groups in total. The van der Waals surface area contributed by atoms with Gasteiger partial charge in [-0.2, -0.15) is 0 Å². The van der Waals surface area contributed by atoms with Gasteiger partial charge < -0.3 is 14.8 Å². The number of ketones is 1. The highest BCUT2D eigenvalue weighted by atomic mass is 16.6. The molecule has 1 aliphatic rings. The molecule has 7 nitrogen and oxygen atoms in total. The minimum atomic E-state index is -0.456. The summed E-state index contributed by atoms with van der Waals surface area (Å²) >= 11 is 0. The number of non-ortho nitro benzene ring substituents is 1. The number of allylic oxidation sites excluding steroid dienone is 1. The third-order valence-corrected chi connectivity index (χ3v) is 4.92. The summed E-state index contributed by atoms with van der Waals surface area (Å²) in [5.74, 6) is 0.921. The molecular weight excluding hydrogens is 384 g/mol. The van der Waals surface area contributed by atoms with E-state index >= 15 is 0 Å². The van der Waals surface area contributed by atoms with Crippen molar-refractivity contribution in [2.45, 2.75) is 0 Å². The zero-order valence-electron chi connectivity index (χ0n) is 16.3. The van der Waals surface area contributed by atoms with Crippen molar-refractivity contribution in [3.63, 3.8) is 0 Å². The van der Waals surface area contributed by atoms with E-state index in [0.29, 0.717) is 39.6 Å². The van der Waals surface area contributed by atoms with Gasteiger partial charge in [0.25, 0.3) is 5.69 Å². The largest absolute Gasteiger partial charge is 0.493 e. The fourth-order valence-electron chi connectivity index (χ4n) is 3.52. The second-order valence-corrected chi connectivity index (χ2v) is 6.63. The van der Waals surface area contributed by atoms with Crippen LogP contribution < -0.4 is 14.8 Å². The summed E-state index contributed by atoms with van der Waals surface area (Å²) in [6, 6.07) is 18.7. The molecule has 0 aliphatic heterocycles. The van der Waals surface area contributed by atoms with Crippen LogP contribution in [0.5, 0.6) is 11.5 Å². The Hall–Kier alpha value is -4.13. The summed E-state index contributed by atoms with van der Waals surface area (Å²) in [6.07, 6.45) is 0. The van der Waals surface area contributed by atoms with Crippen molar-refractivity contribution in [1.82, 2.24) is 0 Å². The molecule has 3 aromatic carbocycles. The second kappa shape index (κ2) is 7.71. The molecule has 7 heteroatoms. The van der Waals surface area contributed by atoms with E-state index in [1.807, 2.05) is 12.1 Å². The maximum absolute atomic E-state index is 13.2. The monoisotopic (exact) mass is 402 g/mol. The number of ether oxygens (including phenoxy) is 2. The number of rotatable bonds is 6. The minimum absolute atomic E-state index is 0.0362. The third kappa shape index (κ3) is 3.26. The summed E-state index contributed by atoms with van der Waals surface area (Å²) in [7, 11) is 3.08. The molecule has 0 atom stereocenters. The molecule has 0 fully saturated rings. The molecule has 0 saturated heterocycles. The number of nitrogens with zero attached hydrogens (tertiary/aromatic N) is 1. The SMILES string of the molecule is COc1ccc(C2=C(Nc3cccc([N+](=O)[O-])c3)c3ccccc3C2=O)cc1OC. The molecule has 30 heavy (non-hydrogen) atoms. The van der Waals surface area contributed by atoms with E-state index in [-0.39, 0.29) is 11.5 Å². The maximum atomic E-state index is 13.2. The van der Waals surface area contributed by atoms with E-state index in [4.69, 9.17) is 9.47 Å². The highest BCUT2D eigenvalue weighted by molar-refractivity contribution is 6.40. The number of nitro groups is 1. The van der Waals surface area contributed by atoms with Gasteiger partial charge in [0.2, 0.25) is 0 Å². The number of benzene rings is 3. The first kappa shape index (κ1) is 19.2. The van der Waals surface area contributed by atoms with Gasteiger partial charge in [-0.3, -0.25) is 14.9 Å². The van der Waals surface area contributed by atoms with Crippen LogP contribution in [0.1, 0.15) is 21.5 Å². The number of anilines is 1. The van der Waals surface area contributed by atoms with E-state index in [1.54, 1.807) is 49.6 Å². The lowest BCUT2D eigenvalue weighted by Gasteiger charge is -2.13. The van der Waals surface area contributed by atoms with Crippen molar-refractivity contribution in [2.24, 2.45) is 0 Å². The van der Waals surface area contributed by atoms with Crippen LogP contribution in [-0.4, -0.2) is 24.9 Å². The molecular formula is C23H18N2O5. The van der Waals surface area contributed by atoms with Crippen molar-refractivity contribution in [3.05, 3.63) is 93.5 Å². The lowest BCUT2D eigenvalue weighted by Crippen LogP contribution is -2.02. The van der Waals surface area contributed by atoms with E-state index in [2.05, 4.69) is 5.32 Å². The number of nitro benzene ring substituents is 1. The van der Waals surface area contributed by atoms with E-state index in [0.717, 1.165) is 5.56 Å². The van der Waals surface area contributed by atoms with Crippen LogP contribution >= 0.6 is 0 Å². The van der Waals surface area contributed by atoms with Gasteiger partial charge in [0, 0.05) is 28.9 Å². The summed E-state index contributed by atoms with van der Waals surface area (Å²) in [5.41, 5.74) is 3.48. The van der Waals surface area contributed by atoms with Gasteiger partial charge in [0.05, 0.1) is 30.4 Å². The van der Waals surface area contributed by atoms with Crippen LogP contribution in [0.3, 0.4) is 0 Å². The number of carbonyl (C=O) groups excluding carboxylic acids is 1. The molecule has 0 bridgehead atoms. The number of hydrogen-bond acceptors (Lipinski definition) is 6. The lowest BCUT2D eigenvalue weighted by molar-refractivity contribution is -0.384. The van der Waals surface area contributed by atoms with Crippen LogP contribution in [-0.2, 0) is 0 Å². The van der Waals surface area contributed by atoms with Crippen LogP contribution in [0.4, 0.5) is 11.4 Å². The van der Waals surface area contributed by atoms with Gasteiger partial charge in [-0.1, -0.05) is 36.4 Å². The summed E-state index contributed by atoms with van der Waals surface area (Å²) < 4.78 is 10.7. The second-order valence-electron chi connectivity index (χ2n) is 6.63. The smallest absolute Gasteiger partial charge is 0.271 e. The highest BCUT2D eigenvalue weighted by Crippen LogP contribution is 2.41. The van der Waals surface area contributed by atoms with E-state index in [9.17, 15) is 14.9 Å². The Morgan fingerprint density at radius 3 is 2.30 bits per heavy atom. The minimum Gasteiger partial charge on any atom is -0.493 e. The average Bonchev–Trinajstić information content (AvgIpc) is 3.05. The lowest BCUT2D eigenvalue weighted by atomic mass is 10.0. The Morgan fingerprint density at radius 1 is 0.867 bits per heavy atom. The number of fused-ring (bicyclic) bond motifs is 1. The van der Waals surface area contributed by atoms with Crippen molar-refractivity contribution in [3.8, 4) is 11.5 Å². The summed E-state index contributed by atoms with van der Waals surface area (Å²) in [5, 5.41) is 14.4. The first-order chi connectivity index (χ1) is 14.5. The number of nitrogens with one attached hydrogen (secondary N) is 1. The Bertz CT molecular complexity index is 1200. The number of hydrogen-bond donors (Lipinski definition) is 1. The average molecular weight is 402 g/mol. The van der Waals surface area contributed by atoms with Crippen LogP contribution in [0.15, 0.2) is 66.7 Å². The Morgan fingerprint density at radius 2 is 1.60 bits per heavy atom. The van der Waals surface area contributed by atoms with Gasteiger partial charge >= 0.3 is 0 Å². The van der Waals surface area contributed by atoms with Gasteiger partial charge in [0.15, 0.2) is 17.3 Å². The van der Waals surface area contributed by atoms with Crippen molar-refractivity contribution in [2.75, 3.05) is 19.5 Å². The highest BCUT2D eigenvalue weighted by Gasteiger charge is 2.31. The maximum Gasteiger partial charge on any atom is 0.271 e. The van der Waals surface area contributed by atoms with Crippen molar-refractivity contribution in [1.29, 1.82) is 0 Å². The Labute approximate surface area is 172 Å². The van der Waals surface area contributed by atoms with E-state index in [1.165, 1.54) is 19.2 Å². The number of methoxy groups -OCH3 is 2. The predicted molar refractivity (Wildman–Crippen MR) is 114 cm³/mol. The third-order valence-electron chi connectivity index (χ3n) is 4.92. The van der Waals surface area contributed by atoms with Crippen LogP contribution in [0.2, 0.25) is 0 Å². The first-order valence-corrected chi connectivity index (χ1v) is 9.15. The molecule has 0 aromatic heterocycles. The quantitative estimate of drug-likeness (QED) is 0.471. The number of Topliss-reactive ketones (excluding diaryl/α,β-unsaturated/α-hetero) is 1. The molecule has 0 heterocycles. The topological polar surface area (TPSA) is 90.7 Å². The zero-order valence-corrected chi connectivity index (χ0v) is 16.3. The Balaban J connectivity index is 1.87. The molecule has 0 radical (unpaired) electrons. The zero-order chi connectivity index (χ0) is 21.3. The first-order valence-electron chi connectivity index (χ1n) is 9.15. The molecule has 0 amide bonds. The molecule has 0 unspecified atom stereocenters. The number of carbonyl (C=O) groups is 1. The molecule has 0 spiro atoms. The van der Waals surface area contributed by atoms with Crippen molar-refractivity contribution >= 4 is 28.4 Å². The van der Waals surface area contributed by atoms with Gasteiger partial charge in [-0.15, -0.1) is 0 Å². The van der Waals surface area contributed by atoms with Crippen LogP contribution in [0, 0.1) is 10.1 Å². The van der Waals surface area contributed by atoms with Crippen LogP contribution in [0.25, 0.3) is 11.3 Å². The standard InChI is InChI=1S/C23H18N2O5/c1-29-19-11-10-14(12-20(19)30-2)21-22(17-8-3-4-9-18(17)23(21)26)24-15-6-5-7-16(13-15)25(27)28/h3-13,24H,1-2H3. The fraction of sp³-hybridized carbons (Fsp3) is 0.0870. The fourth-order valence-corrected chi connectivity index (χ4v) is 3.52. The van der Waals surface area contributed by atoms with Gasteiger partial charge in [-0.05, 0) is 23.8 Å². The summed E-state index contributed by atoms with van der Waals surface area (Å²) in [4.78, 5) is 23.9. The summed E-state index contributed by atoms with van der Waals surface area (Å²) in [6.45, 7) is 0. The normalized spacial score (nSPS) is 12.5. The van der Waals surface area contributed by atoms with Gasteiger partial charge in [-0.25, -0.2) is 0 Å². The predicted octanol–water partition coefficient (Wildman–Crippen LogP) is 4.79. The molecule has 150 valence electrons. The van der Waals surface area contributed by atoms with Gasteiger partial charge in [0.1, 0.15) is 0 Å². The molecule has 4 rings (SSSR count).